The second kappa shape index (κ2) is 5.80. The van der Waals surface area contributed by atoms with Crippen LogP contribution in [0.2, 0.25) is 0 Å². The van der Waals surface area contributed by atoms with Gasteiger partial charge in [0.2, 0.25) is 0 Å². The number of aliphatic hydroxyl groups excluding tert-OH is 1. The molecule has 2 unspecified atom stereocenters. The summed E-state index contributed by atoms with van der Waals surface area (Å²) in [7, 11) is -2.11. The van der Waals surface area contributed by atoms with Gasteiger partial charge in [-0.2, -0.15) is 9.40 Å². The summed E-state index contributed by atoms with van der Waals surface area (Å²) in [6, 6.07) is 0. The number of hydrogen-bond donors (Lipinski definition) is 2. The van der Waals surface area contributed by atoms with Crippen LogP contribution < -0.4 is 0 Å². The molecule has 0 aromatic carbocycles. The number of aliphatic hydroxyl groups is 1. The lowest BCUT2D eigenvalue weighted by atomic mass is 9.97. The van der Waals surface area contributed by atoms with Gasteiger partial charge in [0.05, 0.1) is 12.7 Å². The molecule has 0 amide bonds. The first kappa shape index (κ1) is 15.4. The van der Waals surface area contributed by atoms with Crippen LogP contribution in [0.3, 0.4) is 0 Å². The number of nitrogens with one attached hydrogen (secondary N) is 1. The van der Waals surface area contributed by atoms with Crippen molar-refractivity contribution in [2.75, 3.05) is 20.2 Å². The van der Waals surface area contributed by atoms with E-state index in [1.807, 2.05) is 0 Å². The van der Waals surface area contributed by atoms with Crippen molar-refractivity contribution in [2.24, 2.45) is 5.92 Å². The van der Waals surface area contributed by atoms with E-state index in [2.05, 4.69) is 17.1 Å². The molecule has 1 aliphatic rings. The number of nitrogens with zero attached hydrogens (tertiary/aromatic N) is 2. The molecule has 0 aliphatic carbocycles. The average Bonchev–Trinajstić information content (AvgIpc) is 2.80. The van der Waals surface area contributed by atoms with E-state index in [9.17, 15) is 13.5 Å². The Morgan fingerprint density at radius 2 is 2.25 bits per heavy atom. The lowest BCUT2D eigenvalue weighted by Gasteiger charge is -2.35. The number of rotatable bonds is 4. The van der Waals surface area contributed by atoms with Crippen molar-refractivity contribution in [2.45, 2.75) is 38.0 Å². The number of ether oxygens (including phenoxy) is 1. The van der Waals surface area contributed by atoms with Crippen molar-refractivity contribution >= 4 is 10.0 Å². The van der Waals surface area contributed by atoms with Crippen molar-refractivity contribution in [3.05, 3.63) is 11.3 Å². The molecule has 2 N–H and O–H groups in total. The van der Waals surface area contributed by atoms with E-state index in [1.54, 1.807) is 14.0 Å². The van der Waals surface area contributed by atoms with Crippen molar-refractivity contribution in [3.63, 3.8) is 0 Å². The predicted octanol–water partition coefficient (Wildman–Crippen LogP) is 0.256. The third-order valence-electron chi connectivity index (χ3n) is 3.93. The van der Waals surface area contributed by atoms with Gasteiger partial charge in [-0.1, -0.05) is 6.92 Å². The molecule has 2 rings (SSSR count). The van der Waals surface area contributed by atoms with Crippen LogP contribution in [0.5, 0.6) is 0 Å². The SMILES string of the molecule is COC1CN(S(=O)(=O)c2n[nH]c(C)c2CO)CCC1C. The lowest BCUT2D eigenvalue weighted by Crippen LogP contribution is -2.46. The molecule has 0 spiro atoms. The minimum atomic E-state index is -3.70. The summed E-state index contributed by atoms with van der Waals surface area (Å²) in [6.07, 6.45) is 0.631. The molecule has 1 aromatic heterocycles. The minimum absolute atomic E-state index is 0.0816. The van der Waals surface area contributed by atoms with Gasteiger partial charge in [0, 0.05) is 31.5 Å². The fraction of sp³-hybridized carbons (Fsp3) is 0.750. The highest BCUT2D eigenvalue weighted by molar-refractivity contribution is 7.89. The molecule has 7 nitrogen and oxygen atoms in total. The Kier molecular flexibility index (Phi) is 4.48. The van der Waals surface area contributed by atoms with Crippen molar-refractivity contribution in [1.29, 1.82) is 0 Å². The maximum Gasteiger partial charge on any atom is 0.262 e. The average molecular weight is 303 g/mol. The van der Waals surface area contributed by atoms with E-state index in [4.69, 9.17) is 4.74 Å². The van der Waals surface area contributed by atoms with Gasteiger partial charge >= 0.3 is 0 Å². The first-order chi connectivity index (χ1) is 9.41. The Morgan fingerprint density at radius 3 is 2.85 bits per heavy atom. The molecule has 0 bridgehead atoms. The van der Waals surface area contributed by atoms with Crippen LogP contribution in [0, 0.1) is 12.8 Å². The van der Waals surface area contributed by atoms with Crippen molar-refractivity contribution < 1.29 is 18.3 Å². The maximum atomic E-state index is 12.6. The minimum Gasteiger partial charge on any atom is -0.392 e. The highest BCUT2D eigenvalue weighted by atomic mass is 32.2. The largest absolute Gasteiger partial charge is 0.392 e. The van der Waals surface area contributed by atoms with Crippen LogP contribution in [0.15, 0.2) is 5.03 Å². The molecular weight excluding hydrogens is 282 g/mol. The summed E-state index contributed by atoms with van der Waals surface area (Å²) in [5.41, 5.74) is 0.900. The Hall–Kier alpha value is -0.960. The predicted molar refractivity (Wildman–Crippen MR) is 72.6 cm³/mol. The van der Waals surface area contributed by atoms with Crippen LogP contribution >= 0.6 is 0 Å². The Balaban J connectivity index is 2.31. The third-order valence-corrected chi connectivity index (χ3v) is 5.77. The molecule has 0 radical (unpaired) electrons. The zero-order valence-electron chi connectivity index (χ0n) is 12.0. The Bertz CT molecular complexity index is 569. The molecular formula is C12H21N3O4S. The van der Waals surface area contributed by atoms with Gasteiger partial charge in [0.1, 0.15) is 0 Å². The van der Waals surface area contributed by atoms with Crippen LogP contribution in [-0.4, -0.2) is 54.3 Å². The third kappa shape index (κ3) is 2.60. The van der Waals surface area contributed by atoms with Gasteiger partial charge in [-0.05, 0) is 19.3 Å². The molecule has 0 saturated carbocycles. The Morgan fingerprint density at radius 1 is 1.55 bits per heavy atom. The summed E-state index contributed by atoms with van der Waals surface area (Å²) < 4.78 is 32.0. The van der Waals surface area contributed by atoms with Gasteiger partial charge in [0.25, 0.3) is 10.0 Å². The molecule has 114 valence electrons. The van der Waals surface area contributed by atoms with E-state index in [0.29, 0.717) is 30.3 Å². The molecule has 1 fully saturated rings. The normalized spacial score (nSPS) is 25.0. The number of methoxy groups -OCH3 is 1. The zero-order valence-corrected chi connectivity index (χ0v) is 12.8. The quantitative estimate of drug-likeness (QED) is 0.831. The highest BCUT2D eigenvalue weighted by Crippen LogP contribution is 2.26. The van der Waals surface area contributed by atoms with Gasteiger partial charge in [-0.15, -0.1) is 0 Å². The van der Waals surface area contributed by atoms with E-state index in [1.165, 1.54) is 4.31 Å². The van der Waals surface area contributed by atoms with Gasteiger partial charge < -0.3 is 9.84 Å². The lowest BCUT2D eigenvalue weighted by molar-refractivity contribution is 0.0183. The molecule has 1 aromatic rings. The fourth-order valence-electron chi connectivity index (χ4n) is 2.48. The van der Waals surface area contributed by atoms with E-state index < -0.39 is 10.0 Å². The number of sulfonamides is 1. The molecule has 20 heavy (non-hydrogen) atoms. The van der Waals surface area contributed by atoms with E-state index in [0.717, 1.165) is 6.42 Å². The molecule has 2 atom stereocenters. The first-order valence-corrected chi connectivity index (χ1v) is 8.03. The van der Waals surface area contributed by atoms with Crippen molar-refractivity contribution in [1.82, 2.24) is 14.5 Å². The smallest absolute Gasteiger partial charge is 0.262 e. The summed E-state index contributed by atoms with van der Waals surface area (Å²) >= 11 is 0. The zero-order chi connectivity index (χ0) is 14.9. The maximum absolute atomic E-state index is 12.6. The van der Waals surface area contributed by atoms with Gasteiger partial charge in [-0.25, -0.2) is 8.42 Å². The second-order valence-electron chi connectivity index (χ2n) is 5.19. The van der Waals surface area contributed by atoms with E-state index in [-0.39, 0.29) is 17.7 Å². The molecule has 1 saturated heterocycles. The highest BCUT2D eigenvalue weighted by Gasteiger charge is 2.36. The number of piperidine rings is 1. The van der Waals surface area contributed by atoms with Gasteiger partial charge in [-0.3, -0.25) is 5.10 Å². The fourth-order valence-corrected chi connectivity index (χ4v) is 4.11. The summed E-state index contributed by atoms with van der Waals surface area (Å²) in [5.74, 6) is 0.324. The number of H-pyrrole nitrogens is 1. The molecule has 2 heterocycles. The number of aromatic amines is 1. The first-order valence-electron chi connectivity index (χ1n) is 6.59. The van der Waals surface area contributed by atoms with Crippen LogP contribution in [-0.2, 0) is 21.4 Å². The number of aryl methyl sites for hydroxylation is 1. The number of aromatic nitrogens is 2. The van der Waals surface area contributed by atoms with Crippen LogP contribution in [0.25, 0.3) is 0 Å². The summed E-state index contributed by atoms with van der Waals surface area (Å²) in [4.78, 5) is 0. The molecule has 8 heteroatoms. The van der Waals surface area contributed by atoms with Crippen molar-refractivity contribution in [3.8, 4) is 0 Å². The topological polar surface area (TPSA) is 95.5 Å². The Labute approximate surface area is 119 Å². The van der Waals surface area contributed by atoms with Crippen LogP contribution in [0.1, 0.15) is 24.6 Å². The van der Waals surface area contributed by atoms with Gasteiger partial charge in [0.15, 0.2) is 5.03 Å². The summed E-state index contributed by atoms with van der Waals surface area (Å²) in [6.45, 7) is 4.15. The second-order valence-corrected chi connectivity index (χ2v) is 7.05. The van der Waals surface area contributed by atoms with Crippen LogP contribution in [0.4, 0.5) is 0 Å². The van der Waals surface area contributed by atoms with E-state index >= 15 is 0 Å². The molecule has 1 aliphatic heterocycles. The summed E-state index contributed by atoms with van der Waals surface area (Å²) in [5, 5.41) is 15.7. The standard InChI is InChI=1S/C12H21N3O4S/c1-8-4-5-15(6-11(8)19-3)20(17,18)12-10(7-16)9(2)13-14-12/h8,11,16H,4-7H2,1-3H3,(H,13,14). The monoisotopic (exact) mass is 303 g/mol. The number of hydrogen-bond acceptors (Lipinski definition) is 5.